The van der Waals surface area contributed by atoms with Crippen LogP contribution in [0.5, 0.6) is 0 Å². The number of sulfone groups is 1. The zero-order valence-electron chi connectivity index (χ0n) is 12.4. The number of hydrogen-bond donors (Lipinski definition) is 1. The topological polar surface area (TPSA) is 46.2 Å². The second-order valence-electron chi connectivity index (χ2n) is 5.87. The number of rotatable bonds is 8. The fourth-order valence-electron chi connectivity index (χ4n) is 2.46. The van der Waals surface area contributed by atoms with Crippen LogP contribution in [-0.4, -0.2) is 21.2 Å². The van der Waals surface area contributed by atoms with E-state index < -0.39 is 9.84 Å². The van der Waals surface area contributed by atoms with Crippen LogP contribution in [0, 0.1) is 5.92 Å². The molecule has 1 atom stereocenters. The van der Waals surface area contributed by atoms with Crippen LogP contribution in [0.1, 0.15) is 50.6 Å². The second kappa shape index (κ2) is 6.72. The van der Waals surface area contributed by atoms with Crippen LogP contribution in [0.4, 0.5) is 0 Å². The maximum atomic E-state index is 11.5. The zero-order valence-corrected chi connectivity index (χ0v) is 13.2. The van der Waals surface area contributed by atoms with Crippen LogP contribution in [0.2, 0.25) is 0 Å². The molecule has 0 spiro atoms. The molecule has 4 heteroatoms. The van der Waals surface area contributed by atoms with Crippen LogP contribution >= 0.6 is 0 Å². The van der Waals surface area contributed by atoms with Crippen molar-refractivity contribution in [3.8, 4) is 0 Å². The van der Waals surface area contributed by atoms with Crippen molar-refractivity contribution in [3.63, 3.8) is 0 Å². The molecule has 2 rings (SSSR count). The Kier molecular flexibility index (Phi) is 5.22. The van der Waals surface area contributed by atoms with Gasteiger partial charge in [0.2, 0.25) is 0 Å². The predicted octanol–water partition coefficient (Wildman–Crippen LogP) is 3.32. The fraction of sp³-hybridized carbons (Fsp3) is 0.625. The van der Waals surface area contributed by atoms with Crippen molar-refractivity contribution in [1.29, 1.82) is 0 Å². The van der Waals surface area contributed by atoms with Gasteiger partial charge >= 0.3 is 0 Å². The van der Waals surface area contributed by atoms with Gasteiger partial charge in [0.25, 0.3) is 0 Å². The van der Waals surface area contributed by atoms with Crippen molar-refractivity contribution in [2.45, 2.75) is 50.0 Å². The highest BCUT2D eigenvalue weighted by atomic mass is 32.2. The molecule has 1 aliphatic rings. The predicted molar refractivity (Wildman–Crippen MR) is 82.5 cm³/mol. The lowest BCUT2D eigenvalue weighted by Crippen LogP contribution is -2.22. The van der Waals surface area contributed by atoms with Crippen molar-refractivity contribution in [2.24, 2.45) is 5.92 Å². The van der Waals surface area contributed by atoms with Crippen LogP contribution < -0.4 is 5.32 Å². The molecule has 1 unspecified atom stereocenters. The van der Waals surface area contributed by atoms with E-state index in [0.717, 1.165) is 25.3 Å². The number of hydrogen-bond acceptors (Lipinski definition) is 3. The molecule has 0 aromatic heterocycles. The van der Waals surface area contributed by atoms with Crippen LogP contribution in [-0.2, 0) is 9.84 Å². The Bertz CT molecular complexity index is 518. The highest BCUT2D eigenvalue weighted by Gasteiger charge is 2.23. The van der Waals surface area contributed by atoms with E-state index in [1.165, 1.54) is 31.1 Å². The molecule has 0 amide bonds. The standard InChI is InChI=1S/C16H25NO2S/c1-3-12-17-16(11-6-13-4-5-13)14-7-9-15(10-8-14)20(2,18)19/h7-10,13,16-17H,3-6,11-12H2,1-2H3. The summed E-state index contributed by atoms with van der Waals surface area (Å²) in [6.07, 6.45) is 7.54. The molecule has 1 aromatic rings. The van der Waals surface area contributed by atoms with E-state index in [9.17, 15) is 8.42 Å². The fourth-order valence-corrected chi connectivity index (χ4v) is 3.09. The highest BCUT2D eigenvalue weighted by molar-refractivity contribution is 7.90. The first-order valence-corrected chi connectivity index (χ1v) is 9.43. The number of benzene rings is 1. The third kappa shape index (κ3) is 4.60. The highest BCUT2D eigenvalue weighted by Crippen LogP contribution is 2.36. The molecule has 0 saturated heterocycles. The summed E-state index contributed by atoms with van der Waals surface area (Å²) in [4.78, 5) is 0.401. The van der Waals surface area contributed by atoms with Crippen LogP contribution in [0.25, 0.3) is 0 Å². The summed E-state index contributed by atoms with van der Waals surface area (Å²) >= 11 is 0. The summed E-state index contributed by atoms with van der Waals surface area (Å²) in [7, 11) is -3.10. The molecule has 1 aliphatic carbocycles. The van der Waals surface area contributed by atoms with Crippen molar-refractivity contribution >= 4 is 9.84 Å². The quantitative estimate of drug-likeness (QED) is 0.800. The summed E-state index contributed by atoms with van der Waals surface area (Å²) in [6, 6.07) is 7.71. The Labute approximate surface area is 122 Å². The molecule has 0 bridgehead atoms. The maximum absolute atomic E-state index is 11.5. The van der Waals surface area contributed by atoms with E-state index in [-0.39, 0.29) is 0 Å². The summed E-state index contributed by atoms with van der Waals surface area (Å²) in [5, 5.41) is 3.58. The lowest BCUT2D eigenvalue weighted by molar-refractivity contribution is 0.470. The van der Waals surface area contributed by atoms with Gasteiger partial charge < -0.3 is 5.32 Å². The van der Waals surface area contributed by atoms with E-state index in [1.54, 1.807) is 12.1 Å². The van der Waals surface area contributed by atoms with Gasteiger partial charge in [-0.1, -0.05) is 31.9 Å². The van der Waals surface area contributed by atoms with Crippen molar-refractivity contribution < 1.29 is 8.42 Å². The Morgan fingerprint density at radius 2 is 1.90 bits per heavy atom. The van der Waals surface area contributed by atoms with Gasteiger partial charge in [0.1, 0.15) is 0 Å². The maximum Gasteiger partial charge on any atom is 0.175 e. The van der Waals surface area contributed by atoms with E-state index >= 15 is 0 Å². The first-order chi connectivity index (χ1) is 9.50. The SMILES string of the molecule is CCCNC(CCC1CC1)c1ccc(S(C)(=O)=O)cc1. The van der Waals surface area contributed by atoms with Gasteiger partial charge in [-0.25, -0.2) is 8.42 Å². The molecule has 0 aliphatic heterocycles. The molecule has 20 heavy (non-hydrogen) atoms. The minimum atomic E-state index is -3.10. The Morgan fingerprint density at radius 3 is 2.40 bits per heavy atom. The molecule has 0 heterocycles. The van der Waals surface area contributed by atoms with Gasteiger partial charge in [-0.05, 0) is 49.4 Å². The van der Waals surface area contributed by atoms with E-state index in [2.05, 4.69) is 12.2 Å². The molecule has 3 nitrogen and oxygen atoms in total. The molecule has 112 valence electrons. The van der Waals surface area contributed by atoms with Crippen molar-refractivity contribution in [3.05, 3.63) is 29.8 Å². The normalized spacial score (nSPS) is 17.1. The smallest absolute Gasteiger partial charge is 0.175 e. The van der Waals surface area contributed by atoms with Gasteiger partial charge in [-0.15, -0.1) is 0 Å². The third-order valence-corrected chi connectivity index (χ3v) is 5.04. The molecule has 0 radical (unpaired) electrons. The molecule has 1 fully saturated rings. The Hall–Kier alpha value is -0.870. The molecule has 1 saturated carbocycles. The van der Waals surface area contributed by atoms with Crippen molar-refractivity contribution in [2.75, 3.05) is 12.8 Å². The van der Waals surface area contributed by atoms with E-state index in [4.69, 9.17) is 0 Å². The minimum Gasteiger partial charge on any atom is -0.310 e. The third-order valence-electron chi connectivity index (χ3n) is 3.91. The molecule has 1 N–H and O–H groups in total. The zero-order chi connectivity index (χ0) is 14.6. The first kappa shape index (κ1) is 15.5. The van der Waals surface area contributed by atoms with Gasteiger partial charge in [-0.3, -0.25) is 0 Å². The lowest BCUT2D eigenvalue weighted by Gasteiger charge is -2.19. The van der Waals surface area contributed by atoms with E-state index in [1.807, 2.05) is 12.1 Å². The summed E-state index contributed by atoms with van der Waals surface area (Å²) in [5.74, 6) is 0.927. The van der Waals surface area contributed by atoms with E-state index in [0.29, 0.717) is 10.9 Å². The summed E-state index contributed by atoms with van der Waals surface area (Å²) in [6.45, 7) is 3.17. The van der Waals surface area contributed by atoms with Gasteiger partial charge in [0, 0.05) is 12.3 Å². The second-order valence-corrected chi connectivity index (χ2v) is 7.88. The Balaban J connectivity index is 2.05. The van der Waals surface area contributed by atoms with Crippen molar-refractivity contribution in [1.82, 2.24) is 5.32 Å². The van der Waals surface area contributed by atoms with Crippen LogP contribution in [0.15, 0.2) is 29.2 Å². The largest absolute Gasteiger partial charge is 0.310 e. The molecular formula is C16H25NO2S. The minimum absolute atomic E-state index is 0.351. The average Bonchev–Trinajstić information content (AvgIpc) is 3.22. The Morgan fingerprint density at radius 1 is 1.25 bits per heavy atom. The lowest BCUT2D eigenvalue weighted by atomic mass is 10.0. The van der Waals surface area contributed by atoms with Gasteiger partial charge in [-0.2, -0.15) is 0 Å². The van der Waals surface area contributed by atoms with Crippen LogP contribution in [0.3, 0.4) is 0 Å². The van der Waals surface area contributed by atoms with Gasteiger partial charge in [0.15, 0.2) is 9.84 Å². The number of nitrogens with one attached hydrogen (secondary N) is 1. The molecule has 1 aromatic carbocycles. The summed E-state index contributed by atoms with van der Waals surface area (Å²) in [5.41, 5.74) is 1.20. The summed E-state index contributed by atoms with van der Waals surface area (Å²) < 4.78 is 23.0. The first-order valence-electron chi connectivity index (χ1n) is 7.54. The average molecular weight is 295 g/mol. The van der Waals surface area contributed by atoms with Gasteiger partial charge in [0.05, 0.1) is 4.90 Å². The molecular weight excluding hydrogens is 270 g/mol. The monoisotopic (exact) mass is 295 g/mol.